The Hall–Kier alpha value is -2.84. The molecule has 6 nitrogen and oxygen atoms in total. The fraction of sp³-hybridized carbons (Fsp3) is 0.0526. The lowest BCUT2D eigenvalue weighted by Crippen LogP contribution is -2.11. The second-order valence-corrected chi connectivity index (χ2v) is 7.67. The van der Waals surface area contributed by atoms with Crippen LogP contribution in [0.3, 0.4) is 0 Å². The number of nitrogens with one attached hydrogen (secondary N) is 1. The number of benzene rings is 2. The maximum absolute atomic E-state index is 12.4. The third-order valence-electron chi connectivity index (χ3n) is 3.68. The van der Waals surface area contributed by atoms with Gasteiger partial charge in [0.1, 0.15) is 5.75 Å². The highest BCUT2D eigenvalue weighted by Crippen LogP contribution is 2.29. The number of aryl methyl sites for hydroxylation is 1. The van der Waals surface area contributed by atoms with Crippen LogP contribution in [0.1, 0.15) is 16.1 Å². The van der Waals surface area contributed by atoms with Crippen LogP contribution in [-0.2, 0) is 0 Å². The number of amides is 1. The molecule has 1 N–H and O–H groups in total. The molecule has 8 heteroatoms. The van der Waals surface area contributed by atoms with Crippen LogP contribution < -0.4 is 10.1 Å². The van der Waals surface area contributed by atoms with Crippen LogP contribution in [0, 0.1) is 6.92 Å². The van der Waals surface area contributed by atoms with Gasteiger partial charge in [-0.15, -0.1) is 5.10 Å². The largest absolute Gasteiger partial charge is 0.438 e. The topological polar surface area (TPSA) is 77.0 Å². The first-order valence-corrected chi connectivity index (χ1v) is 9.63. The first-order valence-electron chi connectivity index (χ1n) is 8.02. The van der Waals surface area contributed by atoms with Crippen LogP contribution in [0.4, 0.5) is 5.13 Å². The summed E-state index contributed by atoms with van der Waals surface area (Å²) in [6, 6.07) is 16.2. The molecular formula is C19H13BrN4O2S. The summed E-state index contributed by atoms with van der Waals surface area (Å²) in [5.41, 5.74) is 2.18. The van der Waals surface area contributed by atoms with Gasteiger partial charge in [0.15, 0.2) is 5.13 Å². The Morgan fingerprint density at radius 1 is 1.07 bits per heavy atom. The number of ether oxygens (including phenoxy) is 1. The predicted octanol–water partition coefficient (Wildman–Crippen LogP) is 5.20. The summed E-state index contributed by atoms with van der Waals surface area (Å²) in [6.07, 6.45) is 0. The minimum absolute atomic E-state index is 0.227. The summed E-state index contributed by atoms with van der Waals surface area (Å²) in [5.74, 6) is 0.753. The quantitative estimate of drug-likeness (QED) is 0.471. The summed E-state index contributed by atoms with van der Waals surface area (Å²) in [7, 11) is 0. The van der Waals surface area contributed by atoms with Gasteiger partial charge in [-0.05, 0) is 55.5 Å². The first-order chi connectivity index (χ1) is 13.1. The molecule has 134 valence electrons. The maximum atomic E-state index is 12.4. The fourth-order valence-electron chi connectivity index (χ4n) is 2.36. The number of carbonyl (C=O) groups is 1. The highest BCUT2D eigenvalue weighted by Gasteiger charge is 2.11. The summed E-state index contributed by atoms with van der Waals surface area (Å²) in [6.45, 7) is 1.86. The van der Waals surface area contributed by atoms with Gasteiger partial charge in [0.25, 0.3) is 5.91 Å². The lowest BCUT2D eigenvalue weighted by Gasteiger charge is -2.05. The molecule has 0 radical (unpaired) electrons. The van der Waals surface area contributed by atoms with Crippen LogP contribution in [0.2, 0.25) is 0 Å². The first kappa shape index (κ1) is 17.6. The molecule has 0 saturated heterocycles. The number of anilines is 1. The third-order valence-corrected chi connectivity index (χ3v) is 5.11. The monoisotopic (exact) mass is 440 g/mol. The summed E-state index contributed by atoms with van der Waals surface area (Å²) < 4.78 is 7.60. The smallest absolute Gasteiger partial charge is 0.257 e. The van der Waals surface area contributed by atoms with Gasteiger partial charge in [-0.2, -0.15) is 5.10 Å². The van der Waals surface area contributed by atoms with Crippen molar-refractivity contribution in [3.8, 4) is 11.6 Å². The average Bonchev–Trinajstić information content (AvgIpc) is 3.05. The van der Waals surface area contributed by atoms with Gasteiger partial charge in [-0.1, -0.05) is 27.3 Å². The minimum atomic E-state index is -0.227. The minimum Gasteiger partial charge on any atom is -0.438 e. The Morgan fingerprint density at radius 2 is 1.89 bits per heavy atom. The molecule has 0 fully saturated rings. The number of carbonyl (C=O) groups excluding carboxylic acids is 1. The molecule has 27 heavy (non-hydrogen) atoms. The summed E-state index contributed by atoms with van der Waals surface area (Å²) in [5, 5.41) is 11.3. The number of thiazole rings is 1. The zero-order valence-corrected chi connectivity index (χ0v) is 16.5. The number of aromatic nitrogens is 3. The van der Waals surface area contributed by atoms with Crippen LogP contribution in [-0.4, -0.2) is 21.1 Å². The van der Waals surface area contributed by atoms with Gasteiger partial charge >= 0.3 is 0 Å². The van der Waals surface area contributed by atoms with E-state index in [9.17, 15) is 4.79 Å². The van der Waals surface area contributed by atoms with Crippen molar-refractivity contribution in [1.82, 2.24) is 15.2 Å². The van der Waals surface area contributed by atoms with Gasteiger partial charge in [0.2, 0.25) is 5.88 Å². The Balaban J connectivity index is 1.45. The van der Waals surface area contributed by atoms with Crippen LogP contribution in [0.15, 0.2) is 59.1 Å². The molecule has 0 aliphatic heterocycles. The molecule has 1 amide bonds. The van der Waals surface area contributed by atoms with Crippen molar-refractivity contribution in [3.05, 3.63) is 70.3 Å². The maximum Gasteiger partial charge on any atom is 0.257 e. The van der Waals surface area contributed by atoms with Crippen LogP contribution in [0.5, 0.6) is 11.6 Å². The van der Waals surface area contributed by atoms with Gasteiger partial charge in [0.05, 0.1) is 15.9 Å². The number of rotatable bonds is 4. The molecule has 2 aromatic heterocycles. The number of hydrogen-bond donors (Lipinski definition) is 1. The molecule has 2 aromatic carbocycles. The third kappa shape index (κ3) is 4.12. The average molecular weight is 441 g/mol. The molecule has 0 unspecified atom stereocenters. The van der Waals surface area contributed by atoms with Crippen molar-refractivity contribution in [2.45, 2.75) is 6.92 Å². The highest BCUT2D eigenvalue weighted by atomic mass is 79.9. The summed E-state index contributed by atoms with van der Waals surface area (Å²) in [4.78, 5) is 16.9. The van der Waals surface area contributed by atoms with E-state index < -0.39 is 0 Å². The molecule has 0 aliphatic rings. The van der Waals surface area contributed by atoms with Crippen molar-refractivity contribution in [1.29, 1.82) is 0 Å². The second-order valence-electron chi connectivity index (χ2n) is 5.72. The zero-order chi connectivity index (χ0) is 18.8. The second kappa shape index (κ2) is 7.42. The Bertz CT molecular complexity index is 1110. The van der Waals surface area contributed by atoms with Crippen molar-refractivity contribution in [2.24, 2.45) is 0 Å². The fourth-order valence-corrected chi connectivity index (χ4v) is 3.77. The van der Waals surface area contributed by atoms with Gasteiger partial charge < -0.3 is 4.74 Å². The Kier molecular flexibility index (Phi) is 4.83. The van der Waals surface area contributed by atoms with Gasteiger partial charge in [-0.25, -0.2) is 4.98 Å². The van der Waals surface area contributed by atoms with E-state index in [1.54, 1.807) is 30.3 Å². The van der Waals surface area contributed by atoms with E-state index in [1.807, 2.05) is 31.2 Å². The van der Waals surface area contributed by atoms with Crippen LogP contribution >= 0.6 is 27.3 Å². The molecule has 0 bridgehead atoms. The molecule has 0 saturated carbocycles. The molecule has 2 heterocycles. The van der Waals surface area contributed by atoms with E-state index >= 15 is 0 Å². The van der Waals surface area contributed by atoms with Gasteiger partial charge in [-0.3, -0.25) is 10.1 Å². The Labute approximate surface area is 167 Å². The lowest BCUT2D eigenvalue weighted by molar-refractivity contribution is 0.102. The normalized spacial score (nSPS) is 10.7. The molecular weight excluding hydrogens is 428 g/mol. The standard InChI is InChI=1S/C19H13BrN4O2S/c1-11-2-9-17(24-23-11)26-14-6-3-12(4-7-14)18(25)22-19-21-15-8-5-13(20)10-16(15)27-19/h2-10H,1H3,(H,21,22,25). The van der Waals surface area contributed by atoms with Crippen molar-refractivity contribution in [3.63, 3.8) is 0 Å². The predicted molar refractivity (Wildman–Crippen MR) is 109 cm³/mol. The van der Waals surface area contributed by atoms with Crippen molar-refractivity contribution >= 4 is 48.5 Å². The molecule has 0 spiro atoms. The van der Waals surface area contributed by atoms with E-state index in [0.717, 1.165) is 20.4 Å². The van der Waals surface area contributed by atoms with Crippen LogP contribution in [0.25, 0.3) is 10.2 Å². The molecule has 4 aromatic rings. The molecule has 4 rings (SSSR count). The molecule has 0 atom stereocenters. The lowest BCUT2D eigenvalue weighted by atomic mass is 10.2. The number of nitrogens with zero attached hydrogens (tertiary/aromatic N) is 3. The van der Waals surface area contributed by atoms with E-state index in [2.05, 4.69) is 36.4 Å². The van der Waals surface area contributed by atoms with E-state index in [1.165, 1.54) is 11.3 Å². The summed E-state index contributed by atoms with van der Waals surface area (Å²) >= 11 is 4.86. The van der Waals surface area contributed by atoms with Gasteiger partial charge in [0, 0.05) is 16.1 Å². The number of hydrogen-bond acceptors (Lipinski definition) is 6. The SMILES string of the molecule is Cc1ccc(Oc2ccc(C(=O)Nc3nc4ccc(Br)cc4s3)cc2)nn1. The van der Waals surface area contributed by atoms with Crippen molar-refractivity contribution < 1.29 is 9.53 Å². The highest BCUT2D eigenvalue weighted by molar-refractivity contribution is 9.10. The van der Waals surface area contributed by atoms with Crippen molar-refractivity contribution in [2.75, 3.05) is 5.32 Å². The number of fused-ring (bicyclic) bond motifs is 1. The van der Waals surface area contributed by atoms with E-state index in [-0.39, 0.29) is 5.91 Å². The Morgan fingerprint density at radius 3 is 2.63 bits per heavy atom. The number of halogens is 1. The molecule has 0 aliphatic carbocycles. The van der Waals surface area contributed by atoms with E-state index in [0.29, 0.717) is 22.3 Å². The zero-order valence-electron chi connectivity index (χ0n) is 14.1. The van der Waals surface area contributed by atoms with E-state index in [4.69, 9.17) is 4.74 Å².